The first-order chi connectivity index (χ1) is 9.65. The third-order valence-electron chi connectivity index (χ3n) is 3.59. The highest BCUT2D eigenvalue weighted by Crippen LogP contribution is 2.22. The van der Waals surface area contributed by atoms with Gasteiger partial charge in [0.2, 0.25) is 0 Å². The molecule has 0 bridgehead atoms. The molecular weight excluding hydrogens is 258 g/mol. The Bertz CT molecular complexity index is 557. The van der Waals surface area contributed by atoms with Gasteiger partial charge in [-0.3, -0.25) is 0 Å². The summed E-state index contributed by atoms with van der Waals surface area (Å²) in [5, 5.41) is 0.789. The van der Waals surface area contributed by atoms with Gasteiger partial charge in [0, 0.05) is 29.7 Å². The van der Waals surface area contributed by atoms with Gasteiger partial charge in [-0.2, -0.15) is 0 Å². The van der Waals surface area contributed by atoms with E-state index in [0.717, 1.165) is 49.8 Å². The van der Waals surface area contributed by atoms with Crippen molar-refractivity contribution >= 4 is 10.9 Å². The number of nitrogens with one attached hydrogen (secondary N) is 1. The lowest BCUT2D eigenvalue weighted by Gasteiger charge is -2.20. The van der Waals surface area contributed by atoms with Crippen LogP contribution in [0.4, 0.5) is 8.78 Å². The van der Waals surface area contributed by atoms with E-state index in [9.17, 15) is 8.78 Å². The van der Waals surface area contributed by atoms with Crippen molar-refractivity contribution in [3.8, 4) is 0 Å². The van der Waals surface area contributed by atoms with E-state index in [0.29, 0.717) is 5.52 Å². The Balaban J connectivity index is 2.11. The van der Waals surface area contributed by atoms with Crippen molar-refractivity contribution in [2.75, 3.05) is 19.6 Å². The fourth-order valence-corrected chi connectivity index (χ4v) is 2.63. The van der Waals surface area contributed by atoms with Crippen molar-refractivity contribution < 1.29 is 8.78 Å². The number of halogens is 2. The van der Waals surface area contributed by atoms with Crippen molar-refractivity contribution in [1.29, 1.82) is 0 Å². The Kier molecular flexibility index (Phi) is 5.12. The van der Waals surface area contributed by atoms with Gasteiger partial charge < -0.3 is 9.88 Å². The maximum absolute atomic E-state index is 13.3. The Morgan fingerprint density at radius 2 is 1.65 bits per heavy atom. The van der Waals surface area contributed by atoms with E-state index in [-0.39, 0.29) is 0 Å². The highest BCUT2D eigenvalue weighted by atomic mass is 19.2. The van der Waals surface area contributed by atoms with E-state index in [4.69, 9.17) is 0 Å². The number of nitrogens with zero attached hydrogens (tertiary/aromatic N) is 1. The number of hydrogen-bond donors (Lipinski definition) is 1. The standard InChI is InChI=1S/C16H22F2N2/c1-3-6-20(7-4-2)8-5-12-11-19-16-10-15(18)14(17)9-13(12)16/h9-11,19H,3-8H2,1-2H3. The van der Waals surface area contributed by atoms with E-state index < -0.39 is 11.6 Å². The summed E-state index contributed by atoms with van der Waals surface area (Å²) in [6.45, 7) is 7.46. The predicted molar refractivity (Wildman–Crippen MR) is 78.9 cm³/mol. The molecular formula is C16H22F2N2. The SMILES string of the molecule is CCCN(CCC)CCc1c[nH]c2cc(F)c(F)cc12. The van der Waals surface area contributed by atoms with E-state index in [2.05, 4.69) is 23.7 Å². The molecule has 2 aromatic rings. The number of benzene rings is 1. The van der Waals surface area contributed by atoms with Crippen LogP contribution < -0.4 is 0 Å². The Morgan fingerprint density at radius 1 is 1.00 bits per heavy atom. The number of fused-ring (bicyclic) bond motifs is 1. The quantitative estimate of drug-likeness (QED) is 0.808. The smallest absolute Gasteiger partial charge is 0.160 e. The minimum Gasteiger partial charge on any atom is -0.361 e. The number of H-pyrrole nitrogens is 1. The van der Waals surface area contributed by atoms with Crippen LogP contribution in [-0.2, 0) is 6.42 Å². The average molecular weight is 280 g/mol. The van der Waals surface area contributed by atoms with Crippen LogP contribution in [0.2, 0.25) is 0 Å². The van der Waals surface area contributed by atoms with Gasteiger partial charge in [0.1, 0.15) is 0 Å². The van der Waals surface area contributed by atoms with Crippen molar-refractivity contribution in [3.05, 3.63) is 35.5 Å². The van der Waals surface area contributed by atoms with Crippen LogP contribution in [0.5, 0.6) is 0 Å². The second-order valence-electron chi connectivity index (χ2n) is 5.22. The first kappa shape index (κ1) is 15.0. The first-order valence-electron chi connectivity index (χ1n) is 7.33. The lowest BCUT2D eigenvalue weighted by Crippen LogP contribution is -2.27. The van der Waals surface area contributed by atoms with E-state index >= 15 is 0 Å². The largest absolute Gasteiger partial charge is 0.361 e. The van der Waals surface area contributed by atoms with Gasteiger partial charge >= 0.3 is 0 Å². The maximum atomic E-state index is 13.3. The van der Waals surface area contributed by atoms with Gasteiger partial charge in [-0.05, 0) is 44.0 Å². The predicted octanol–water partition coefficient (Wildman–Crippen LogP) is 4.11. The summed E-state index contributed by atoms with van der Waals surface area (Å²) in [5.41, 5.74) is 1.72. The lowest BCUT2D eigenvalue weighted by atomic mass is 10.1. The van der Waals surface area contributed by atoms with Gasteiger partial charge in [0.25, 0.3) is 0 Å². The molecule has 0 aliphatic heterocycles. The number of rotatable bonds is 7. The zero-order chi connectivity index (χ0) is 14.5. The molecule has 2 nitrogen and oxygen atoms in total. The van der Waals surface area contributed by atoms with E-state index in [1.165, 1.54) is 12.1 Å². The van der Waals surface area contributed by atoms with E-state index in [1.54, 1.807) is 0 Å². The zero-order valence-electron chi connectivity index (χ0n) is 12.2. The summed E-state index contributed by atoms with van der Waals surface area (Å²) in [5.74, 6) is -1.58. The molecule has 20 heavy (non-hydrogen) atoms. The molecule has 0 saturated carbocycles. The van der Waals surface area contributed by atoms with Crippen molar-refractivity contribution in [3.63, 3.8) is 0 Å². The molecule has 110 valence electrons. The van der Waals surface area contributed by atoms with Crippen LogP contribution in [0.15, 0.2) is 18.3 Å². The summed E-state index contributed by atoms with van der Waals surface area (Å²) < 4.78 is 26.5. The third kappa shape index (κ3) is 3.37. The van der Waals surface area contributed by atoms with Crippen molar-refractivity contribution in [1.82, 2.24) is 9.88 Å². The highest BCUT2D eigenvalue weighted by molar-refractivity contribution is 5.83. The van der Waals surface area contributed by atoms with Crippen LogP contribution in [0.1, 0.15) is 32.3 Å². The van der Waals surface area contributed by atoms with Crippen LogP contribution in [0, 0.1) is 11.6 Å². The summed E-state index contributed by atoms with van der Waals surface area (Å²) in [4.78, 5) is 5.43. The van der Waals surface area contributed by atoms with E-state index in [1.807, 2.05) is 6.20 Å². The van der Waals surface area contributed by atoms with Gasteiger partial charge in [0.15, 0.2) is 11.6 Å². The number of hydrogen-bond acceptors (Lipinski definition) is 1. The Hall–Kier alpha value is -1.42. The zero-order valence-corrected chi connectivity index (χ0v) is 12.2. The van der Waals surface area contributed by atoms with Crippen molar-refractivity contribution in [2.45, 2.75) is 33.1 Å². The summed E-state index contributed by atoms with van der Waals surface area (Å²) in [6, 6.07) is 2.52. The fraction of sp³-hybridized carbons (Fsp3) is 0.500. The third-order valence-corrected chi connectivity index (χ3v) is 3.59. The first-order valence-corrected chi connectivity index (χ1v) is 7.33. The molecule has 0 fully saturated rings. The molecule has 1 heterocycles. The topological polar surface area (TPSA) is 19.0 Å². The van der Waals surface area contributed by atoms with Crippen molar-refractivity contribution in [2.24, 2.45) is 0 Å². The lowest BCUT2D eigenvalue weighted by molar-refractivity contribution is 0.278. The molecule has 1 aromatic carbocycles. The normalized spacial score (nSPS) is 11.7. The molecule has 0 aliphatic carbocycles. The summed E-state index contributed by atoms with van der Waals surface area (Å²) in [6.07, 6.45) is 4.98. The fourth-order valence-electron chi connectivity index (χ4n) is 2.63. The van der Waals surface area contributed by atoms with Gasteiger partial charge in [-0.25, -0.2) is 8.78 Å². The Labute approximate surface area is 118 Å². The van der Waals surface area contributed by atoms with Gasteiger partial charge in [0.05, 0.1) is 0 Å². The maximum Gasteiger partial charge on any atom is 0.160 e. The molecule has 1 N–H and O–H groups in total. The molecule has 0 atom stereocenters. The number of aromatic nitrogens is 1. The molecule has 0 unspecified atom stereocenters. The highest BCUT2D eigenvalue weighted by Gasteiger charge is 2.10. The molecule has 0 radical (unpaired) electrons. The van der Waals surface area contributed by atoms with Crippen LogP contribution in [-0.4, -0.2) is 29.5 Å². The molecule has 1 aromatic heterocycles. The van der Waals surface area contributed by atoms with Crippen LogP contribution in [0.25, 0.3) is 10.9 Å². The molecule has 0 saturated heterocycles. The monoisotopic (exact) mass is 280 g/mol. The second-order valence-corrected chi connectivity index (χ2v) is 5.22. The van der Waals surface area contributed by atoms with Gasteiger partial charge in [-0.1, -0.05) is 13.8 Å². The van der Waals surface area contributed by atoms with Gasteiger partial charge in [-0.15, -0.1) is 0 Å². The summed E-state index contributed by atoms with van der Waals surface area (Å²) in [7, 11) is 0. The van der Waals surface area contributed by atoms with Crippen LogP contribution >= 0.6 is 0 Å². The van der Waals surface area contributed by atoms with Crippen LogP contribution in [0.3, 0.4) is 0 Å². The molecule has 4 heteroatoms. The molecule has 0 aliphatic rings. The minimum absolute atomic E-state index is 0.663. The summed E-state index contributed by atoms with van der Waals surface area (Å²) >= 11 is 0. The molecule has 2 rings (SSSR count). The average Bonchev–Trinajstić information content (AvgIpc) is 2.79. The second kappa shape index (κ2) is 6.84. The minimum atomic E-state index is -0.801. The molecule has 0 amide bonds. The number of aromatic amines is 1. The molecule has 0 spiro atoms. The Morgan fingerprint density at radius 3 is 2.30 bits per heavy atom.